The molecule has 1 saturated carbocycles. The number of nitrogens with two attached hydrogens (primary N) is 1. The van der Waals surface area contributed by atoms with Gasteiger partial charge in [0.05, 0.1) is 6.54 Å². The van der Waals surface area contributed by atoms with Gasteiger partial charge in [-0.25, -0.2) is 0 Å². The van der Waals surface area contributed by atoms with Crippen LogP contribution in [0.1, 0.15) is 53.8 Å². The zero-order chi connectivity index (χ0) is 19.1. The number of primary amides is 1. The van der Waals surface area contributed by atoms with Crippen LogP contribution in [0.25, 0.3) is 0 Å². The smallest absolute Gasteiger partial charge is 0.265 e. The van der Waals surface area contributed by atoms with Gasteiger partial charge in [-0.1, -0.05) is 6.42 Å². The van der Waals surface area contributed by atoms with E-state index in [9.17, 15) is 14.4 Å². The molecule has 1 aromatic heterocycles. The van der Waals surface area contributed by atoms with Gasteiger partial charge in [-0.15, -0.1) is 0 Å². The van der Waals surface area contributed by atoms with Crippen molar-refractivity contribution in [2.45, 2.75) is 45.1 Å². The van der Waals surface area contributed by atoms with E-state index in [0.29, 0.717) is 31.9 Å². The van der Waals surface area contributed by atoms with Gasteiger partial charge in [0.1, 0.15) is 5.69 Å². The molecule has 1 aromatic rings. The Morgan fingerprint density at radius 2 is 1.59 bits per heavy atom. The van der Waals surface area contributed by atoms with Crippen molar-refractivity contribution in [2.75, 3.05) is 19.6 Å². The van der Waals surface area contributed by atoms with Gasteiger partial charge in [-0.3, -0.25) is 14.4 Å². The number of amides is 3. The summed E-state index contributed by atoms with van der Waals surface area (Å²) < 4.78 is 1.82. The van der Waals surface area contributed by atoms with E-state index in [1.807, 2.05) is 27.5 Å². The summed E-state index contributed by atoms with van der Waals surface area (Å²) in [4.78, 5) is 40.8. The largest absolute Gasteiger partial charge is 0.364 e. The number of carbonyl (C=O) groups is 3. The third-order valence-electron chi connectivity index (χ3n) is 6.61. The first-order chi connectivity index (χ1) is 13.0. The number of rotatable bonds is 3. The Bertz CT molecular complexity index is 772. The predicted molar refractivity (Wildman–Crippen MR) is 99.7 cm³/mol. The molecule has 0 radical (unpaired) electrons. The van der Waals surface area contributed by atoms with E-state index < -0.39 is 5.91 Å². The predicted octanol–water partition coefficient (Wildman–Crippen LogP) is 1.05. The molecule has 2 aliphatic heterocycles. The number of carbonyl (C=O) groups excluding carboxylic acids is 3. The summed E-state index contributed by atoms with van der Waals surface area (Å²) >= 11 is 0. The highest BCUT2D eigenvalue weighted by Gasteiger charge is 2.35. The molecule has 0 spiro atoms. The van der Waals surface area contributed by atoms with Crippen LogP contribution >= 0.6 is 0 Å². The minimum Gasteiger partial charge on any atom is -0.364 e. The van der Waals surface area contributed by atoms with Gasteiger partial charge in [0.25, 0.3) is 5.91 Å². The summed E-state index contributed by atoms with van der Waals surface area (Å²) in [5.41, 5.74) is 8.04. The first-order valence-electron chi connectivity index (χ1n) is 10.0. The fraction of sp³-hybridized carbons (Fsp3) is 0.650. The number of nitrogens with zero attached hydrogens (tertiary/aromatic N) is 3. The zero-order valence-electron chi connectivity index (χ0n) is 15.9. The Hall–Kier alpha value is -2.31. The van der Waals surface area contributed by atoms with Crippen molar-refractivity contribution >= 4 is 17.7 Å². The van der Waals surface area contributed by atoms with Crippen molar-refractivity contribution in [3.05, 3.63) is 23.0 Å². The summed E-state index contributed by atoms with van der Waals surface area (Å²) in [5.74, 6) is 0.256. The normalized spacial score (nSPS) is 20.9. The second-order valence-electron chi connectivity index (χ2n) is 8.16. The molecule has 7 heteroatoms. The van der Waals surface area contributed by atoms with E-state index in [1.54, 1.807) is 0 Å². The molecular weight excluding hydrogens is 344 g/mol. The third kappa shape index (κ3) is 3.24. The van der Waals surface area contributed by atoms with E-state index in [0.717, 1.165) is 43.4 Å². The highest BCUT2D eigenvalue weighted by Crippen LogP contribution is 2.31. The fourth-order valence-electron chi connectivity index (χ4n) is 4.59. The first kappa shape index (κ1) is 18.1. The van der Waals surface area contributed by atoms with E-state index in [-0.39, 0.29) is 23.7 Å². The van der Waals surface area contributed by atoms with Crippen molar-refractivity contribution in [3.8, 4) is 0 Å². The molecule has 146 valence electrons. The molecular formula is C20H28N4O3. The maximum atomic E-state index is 13.0. The van der Waals surface area contributed by atoms with Gasteiger partial charge in [-0.2, -0.15) is 0 Å². The van der Waals surface area contributed by atoms with Gasteiger partial charge in [-0.05, 0) is 43.7 Å². The van der Waals surface area contributed by atoms with E-state index >= 15 is 0 Å². The molecule has 3 amide bonds. The van der Waals surface area contributed by atoms with Crippen molar-refractivity contribution < 1.29 is 14.4 Å². The Morgan fingerprint density at radius 1 is 0.963 bits per heavy atom. The van der Waals surface area contributed by atoms with Crippen LogP contribution in [0, 0.1) is 11.8 Å². The Morgan fingerprint density at radius 3 is 2.19 bits per heavy atom. The summed E-state index contributed by atoms with van der Waals surface area (Å²) in [7, 11) is 1.83. The number of likely N-dealkylation sites (tertiary alicyclic amines) is 1. The third-order valence-corrected chi connectivity index (χ3v) is 6.61. The molecule has 0 aromatic carbocycles. The lowest BCUT2D eigenvalue weighted by Crippen LogP contribution is -2.47. The molecule has 1 aliphatic carbocycles. The lowest BCUT2D eigenvalue weighted by Gasteiger charge is -2.38. The molecule has 2 fully saturated rings. The van der Waals surface area contributed by atoms with Crippen LogP contribution in [-0.2, 0) is 29.6 Å². The molecule has 2 N–H and O–H groups in total. The lowest BCUT2D eigenvalue weighted by atomic mass is 9.83. The summed E-state index contributed by atoms with van der Waals surface area (Å²) in [6, 6.07) is 1.85. The maximum Gasteiger partial charge on any atom is 0.265 e. The molecule has 1 saturated heterocycles. The minimum absolute atomic E-state index is 0.00660. The average Bonchev–Trinajstić information content (AvgIpc) is 2.96. The van der Waals surface area contributed by atoms with Gasteiger partial charge >= 0.3 is 0 Å². The topological polar surface area (TPSA) is 88.6 Å². The molecule has 4 rings (SSSR count). The minimum atomic E-state index is -0.437. The Labute approximate surface area is 159 Å². The summed E-state index contributed by atoms with van der Waals surface area (Å²) in [6.07, 6.45) is 5.47. The molecule has 3 aliphatic rings. The Balaban J connectivity index is 1.37. The van der Waals surface area contributed by atoms with Gasteiger partial charge in [0.15, 0.2) is 0 Å². The van der Waals surface area contributed by atoms with Crippen LogP contribution < -0.4 is 5.73 Å². The van der Waals surface area contributed by atoms with Crippen molar-refractivity contribution in [2.24, 2.45) is 24.6 Å². The van der Waals surface area contributed by atoms with E-state index in [2.05, 4.69) is 0 Å². The molecule has 0 unspecified atom stereocenters. The highest BCUT2D eigenvalue weighted by atomic mass is 16.2. The van der Waals surface area contributed by atoms with Crippen LogP contribution in [-0.4, -0.2) is 51.7 Å². The van der Waals surface area contributed by atoms with E-state index in [4.69, 9.17) is 5.73 Å². The quantitative estimate of drug-likeness (QED) is 0.860. The monoisotopic (exact) mass is 372 g/mol. The number of hydrogen-bond acceptors (Lipinski definition) is 3. The van der Waals surface area contributed by atoms with Crippen molar-refractivity contribution in [1.29, 1.82) is 0 Å². The number of aromatic nitrogens is 1. The number of hydrogen-bond donors (Lipinski definition) is 1. The standard InChI is InChI=1S/C20H28N4O3/c1-22-16(18(21)25)11-15-7-10-24(12-17(15)22)20(27)14-5-8-23(9-6-14)19(26)13-3-2-4-13/h11,13-14H,2-10,12H2,1H3,(H2,21,25). The second-order valence-corrected chi connectivity index (χ2v) is 8.16. The highest BCUT2D eigenvalue weighted by molar-refractivity contribution is 5.92. The Kier molecular flexibility index (Phi) is 4.70. The molecule has 27 heavy (non-hydrogen) atoms. The molecule has 0 atom stereocenters. The van der Waals surface area contributed by atoms with Gasteiger partial charge in [0.2, 0.25) is 11.8 Å². The zero-order valence-corrected chi connectivity index (χ0v) is 15.9. The summed E-state index contributed by atoms with van der Waals surface area (Å²) in [5, 5.41) is 0. The SMILES string of the molecule is Cn1c(C(N)=O)cc2c1CN(C(=O)C1CCN(C(=O)C3CCC3)CC1)CC2. The van der Waals surface area contributed by atoms with Crippen LogP contribution in [0.15, 0.2) is 6.07 Å². The number of fused-ring (bicyclic) bond motifs is 1. The molecule has 7 nitrogen and oxygen atoms in total. The van der Waals surface area contributed by atoms with Crippen LogP contribution in [0.5, 0.6) is 0 Å². The number of piperidine rings is 1. The lowest BCUT2D eigenvalue weighted by molar-refractivity contribution is -0.144. The van der Waals surface area contributed by atoms with Gasteiger partial charge in [0, 0.05) is 44.2 Å². The van der Waals surface area contributed by atoms with Crippen LogP contribution in [0.2, 0.25) is 0 Å². The first-order valence-corrected chi connectivity index (χ1v) is 10.0. The van der Waals surface area contributed by atoms with Gasteiger partial charge < -0.3 is 20.1 Å². The second kappa shape index (κ2) is 7.02. The van der Waals surface area contributed by atoms with Crippen LogP contribution in [0.4, 0.5) is 0 Å². The van der Waals surface area contributed by atoms with E-state index in [1.165, 1.54) is 6.42 Å². The van der Waals surface area contributed by atoms with Crippen LogP contribution in [0.3, 0.4) is 0 Å². The average molecular weight is 372 g/mol. The molecule has 0 bridgehead atoms. The fourth-order valence-corrected chi connectivity index (χ4v) is 4.59. The summed E-state index contributed by atoms with van der Waals surface area (Å²) in [6.45, 7) is 2.59. The van der Waals surface area contributed by atoms with Crippen molar-refractivity contribution in [3.63, 3.8) is 0 Å². The molecule has 3 heterocycles. The maximum absolute atomic E-state index is 13.0. The van der Waals surface area contributed by atoms with Crippen molar-refractivity contribution in [1.82, 2.24) is 14.4 Å².